The standard InChI is InChI=1S/C36H33Cl3N2O5S/c37-28-27(36(44)45)26(29(38)35(30(28)39)47-17-24(42)43)25-22-15-18-7-1-3-11-40-13-5-9-20(31(18)40)33(22)46-34-21-10-6-14-41-12-4-2-8-19(32(21)41)16-23(25)34/h15-16H,1-14,17H2,(H-,42,43,44,45)/p+1. The number of thioether (sulfide) groups is 1. The number of nitrogens with zero attached hydrogens (tertiary/aromatic N) is 2. The van der Waals surface area contributed by atoms with Crippen LogP contribution in [0.3, 0.4) is 0 Å². The van der Waals surface area contributed by atoms with Crippen molar-refractivity contribution in [1.29, 1.82) is 0 Å². The molecule has 2 N–H and O–H groups in total. The van der Waals surface area contributed by atoms with E-state index in [-0.39, 0.29) is 36.8 Å². The number of carbonyl (C=O) groups is 2. The molecule has 0 saturated heterocycles. The van der Waals surface area contributed by atoms with Crippen LogP contribution >= 0.6 is 46.6 Å². The first kappa shape index (κ1) is 31.4. The van der Waals surface area contributed by atoms with Gasteiger partial charge in [0.15, 0.2) is 0 Å². The molecule has 5 heterocycles. The number of aromatic carboxylic acids is 1. The Morgan fingerprint density at radius 2 is 1.57 bits per heavy atom. The largest absolute Gasteiger partial charge is 0.481 e. The van der Waals surface area contributed by atoms with Gasteiger partial charge in [-0.25, -0.2) is 9.37 Å². The number of hydrogen-bond donors (Lipinski definition) is 2. The van der Waals surface area contributed by atoms with Gasteiger partial charge in [-0.15, -0.1) is 11.8 Å². The number of halogens is 3. The highest BCUT2D eigenvalue weighted by molar-refractivity contribution is 8.00. The lowest BCUT2D eigenvalue weighted by molar-refractivity contribution is -0.133. The van der Waals surface area contributed by atoms with Crippen LogP contribution in [0, 0.1) is 0 Å². The van der Waals surface area contributed by atoms with Crippen LogP contribution < -0.4 is 24.8 Å². The van der Waals surface area contributed by atoms with Crippen molar-refractivity contribution in [2.75, 3.05) is 36.8 Å². The first-order valence-electron chi connectivity index (χ1n) is 16.5. The minimum Gasteiger partial charge on any atom is -0.481 e. The number of carboxylic acid groups (broad SMARTS) is 2. The molecule has 0 amide bonds. The van der Waals surface area contributed by atoms with Crippen LogP contribution in [0.25, 0.3) is 5.57 Å². The first-order valence-corrected chi connectivity index (χ1v) is 18.6. The van der Waals surface area contributed by atoms with Crippen molar-refractivity contribution in [2.45, 2.75) is 69.1 Å². The molecule has 0 spiro atoms. The van der Waals surface area contributed by atoms with Crippen molar-refractivity contribution >= 4 is 69.8 Å². The van der Waals surface area contributed by atoms with Gasteiger partial charge in [0.1, 0.15) is 24.6 Å². The highest BCUT2D eigenvalue weighted by Crippen LogP contribution is 2.52. The molecule has 0 unspecified atom stereocenters. The third-order valence-corrected chi connectivity index (χ3v) is 12.8. The van der Waals surface area contributed by atoms with E-state index in [0.717, 1.165) is 136 Å². The van der Waals surface area contributed by atoms with Crippen LogP contribution in [-0.2, 0) is 30.5 Å². The van der Waals surface area contributed by atoms with E-state index in [2.05, 4.69) is 21.6 Å². The second kappa shape index (κ2) is 12.2. The summed E-state index contributed by atoms with van der Waals surface area (Å²) in [5.74, 6) is -1.09. The highest BCUT2D eigenvalue weighted by Gasteiger charge is 2.38. The summed E-state index contributed by atoms with van der Waals surface area (Å²) in [5.41, 5.74) is 7.60. The SMILES string of the molecule is O=C(O)CSc1c(Cl)c(Cl)c(C(=O)O)c(C2=c3cc4c5c(c3Oc3c2cc2c6c3CCCN6CCCC2)CCC[N+]=5CCCC4)c1Cl. The minimum absolute atomic E-state index is 0.0579. The van der Waals surface area contributed by atoms with E-state index in [9.17, 15) is 19.8 Å². The number of benzene rings is 3. The molecule has 0 atom stereocenters. The van der Waals surface area contributed by atoms with E-state index in [0.29, 0.717) is 5.57 Å². The molecule has 47 heavy (non-hydrogen) atoms. The summed E-state index contributed by atoms with van der Waals surface area (Å²) in [6.07, 6.45) is 9.89. The van der Waals surface area contributed by atoms with Crippen molar-refractivity contribution < 1.29 is 24.5 Å². The molecule has 5 aliphatic heterocycles. The fourth-order valence-corrected chi connectivity index (χ4v) is 10.3. The Kier molecular flexibility index (Phi) is 8.14. The van der Waals surface area contributed by atoms with E-state index in [1.807, 2.05) is 0 Å². The summed E-state index contributed by atoms with van der Waals surface area (Å²) in [7, 11) is 0. The average molecular weight is 713 g/mol. The molecule has 7 nitrogen and oxygen atoms in total. The fourth-order valence-electron chi connectivity index (χ4n) is 8.43. The Morgan fingerprint density at radius 1 is 0.830 bits per heavy atom. The van der Waals surface area contributed by atoms with Gasteiger partial charge in [-0.05, 0) is 69.1 Å². The van der Waals surface area contributed by atoms with Crippen LogP contribution in [0.5, 0.6) is 11.5 Å². The van der Waals surface area contributed by atoms with Gasteiger partial charge in [0.25, 0.3) is 0 Å². The van der Waals surface area contributed by atoms with Gasteiger partial charge in [-0.2, -0.15) is 0 Å². The monoisotopic (exact) mass is 711 g/mol. The minimum atomic E-state index is -1.25. The van der Waals surface area contributed by atoms with Gasteiger partial charge in [0.05, 0.1) is 31.9 Å². The zero-order chi connectivity index (χ0) is 32.6. The molecular formula is C36H34Cl3N2O5S+. The Morgan fingerprint density at radius 3 is 2.38 bits per heavy atom. The maximum absolute atomic E-state index is 13.1. The Balaban J connectivity index is 1.55. The molecule has 0 saturated carbocycles. The van der Waals surface area contributed by atoms with E-state index in [1.165, 1.54) is 22.2 Å². The van der Waals surface area contributed by atoms with Crippen LogP contribution in [0.15, 0.2) is 17.0 Å². The van der Waals surface area contributed by atoms with Crippen LogP contribution in [0.4, 0.5) is 5.69 Å². The number of aliphatic carboxylic acids is 1. The quantitative estimate of drug-likeness (QED) is 0.135. The summed E-state index contributed by atoms with van der Waals surface area (Å²) in [6, 6.07) is 4.38. The first-order chi connectivity index (χ1) is 22.7. The van der Waals surface area contributed by atoms with Crippen molar-refractivity contribution in [2.24, 2.45) is 0 Å². The molecule has 8 rings (SSSR count). The molecule has 0 fully saturated rings. The number of fused-ring (bicyclic) bond motifs is 4. The predicted molar refractivity (Wildman–Crippen MR) is 186 cm³/mol. The topological polar surface area (TPSA) is 90.1 Å². The third kappa shape index (κ3) is 5.04. The fraction of sp³-hybridized carbons (Fsp3) is 0.417. The maximum atomic E-state index is 13.1. The van der Waals surface area contributed by atoms with Gasteiger partial charge in [-0.3, -0.25) is 4.79 Å². The molecule has 244 valence electrons. The van der Waals surface area contributed by atoms with Crippen LogP contribution in [-0.4, -0.2) is 54.1 Å². The molecular weight excluding hydrogens is 679 g/mol. The number of anilines is 1. The summed E-state index contributed by atoms with van der Waals surface area (Å²) in [4.78, 5) is 27.5. The lowest BCUT2D eigenvalue weighted by Crippen LogP contribution is -2.41. The van der Waals surface area contributed by atoms with Crippen molar-refractivity contribution in [3.05, 3.63) is 76.7 Å². The highest BCUT2D eigenvalue weighted by atomic mass is 35.5. The van der Waals surface area contributed by atoms with Gasteiger partial charge < -0.3 is 19.8 Å². The van der Waals surface area contributed by atoms with Crippen LogP contribution in [0.2, 0.25) is 15.1 Å². The van der Waals surface area contributed by atoms with Gasteiger partial charge in [0, 0.05) is 69.6 Å². The number of rotatable bonds is 5. The third-order valence-electron chi connectivity index (χ3n) is 10.3. The van der Waals surface area contributed by atoms with Crippen LogP contribution in [0.1, 0.15) is 82.3 Å². The van der Waals surface area contributed by atoms with Crippen molar-refractivity contribution in [1.82, 2.24) is 4.58 Å². The predicted octanol–water partition coefficient (Wildman–Crippen LogP) is 6.74. The number of aryl methyl sites for hydroxylation is 2. The van der Waals surface area contributed by atoms with Crippen molar-refractivity contribution in [3.8, 4) is 11.5 Å². The molecule has 3 aromatic carbocycles. The molecule has 5 aliphatic rings. The lowest BCUT2D eigenvalue weighted by Gasteiger charge is -2.36. The normalized spacial score (nSPS) is 17.9. The Hall–Kier alpha value is -2.91. The lowest BCUT2D eigenvalue weighted by atomic mass is 9.83. The average Bonchev–Trinajstić information content (AvgIpc) is 3.39. The number of ether oxygens (including phenoxy) is 1. The van der Waals surface area contributed by atoms with E-state index in [1.54, 1.807) is 0 Å². The van der Waals surface area contributed by atoms with Crippen molar-refractivity contribution in [3.63, 3.8) is 0 Å². The second-order valence-corrected chi connectivity index (χ2v) is 15.2. The zero-order valence-electron chi connectivity index (χ0n) is 25.8. The smallest absolute Gasteiger partial charge is 0.337 e. The summed E-state index contributed by atoms with van der Waals surface area (Å²) >= 11 is 21.7. The zero-order valence-corrected chi connectivity index (χ0v) is 28.9. The van der Waals surface area contributed by atoms with E-state index < -0.39 is 11.9 Å². The summed E-state index contributed by atoms with van der Waals surface area (Å²) in [5, 5.41) is 22.2. The number of hydrogen-bond acceptors (Lipinski definition) is 5. The molecule has 3 aromatic rings. The molecule has 0 aliphatic carbocycles. The van der Waals surface area contributed by atoms with E-state index in [4.69, 9.17) is 39.5 Å². The molecule has 11 heteroatoms. The Labute approximate surface area is 291 Å². The van der Waals surface area contributed by atoms with Gasteiger partial charge in [-0.1, -0.05) is 34.8 Å². The van der Waals surface area contributed by atoms with Gasteiger partial charge >= 0.3 is 11.9 Å². The van der Waals surface area contributed by atoms with Gasteiger partial charge in [0.2, 0.25) is 5.36 Å². The maximum Gasteiger partial charge on any atom is 0.337 e. The number of carboxylic acids is 2. The molecule has 0 bridgehead atoms. The molecule has 0 radical (unpaired) electrons. The van der Waals surface area contributed by atoms with E-state index >= 15 is 0 Å². The summed E-state index contributed by atoms with van der Waals surface area (Å²) in [6.45, 7) is 4.02. The Bertz CT molecular complexity index is 2050. The molecule has 0 aromatic heterocycles. The second-order valence-electron chi connectivity index (χ2n) is 13.1. The summed E-state index contributed by atoms with van der Waals surface area (Å²) < 4.78 is 9.65.